The zero-order valence-corrected chi connectivity index (χ0v) is 9.83. The van der Waals surface area contributed by atoms with Crippen LogP contribution in [0.2, 0.25) is 5.02 Å². The van der Waals surface area contributed by atoms with Gasteiger partial charge in [0.15, 0.2) is 5.82 Å². The van der Waals surface area contributed by atoms with E-state index in [1.165, 1.54) is 19.1 Å². The molecular weight excluding hydrogens is 272 g/mol. The van der Waals surface area contributed by atoms with Crippen LogP contribution < -0.4 is 5.73 Å². The third-order valence-electron chi connectivity index (χ3n) is 2.61. The molecule has 0 radical (unpaired) electrons. The predicted molar refractivity (Wildman–Crippen MR) is 60.9 cm³/mol. The lowest BCUT2D eigenvalue weighted by molar-refractivity contribution is -0.141. The summed E-state index contributed by atoms with van der Waals surface area (Å²) in [5.41, 5.74) is 3.54. The highest BCUT2D eigenvalue weighted by Gasteiger charge is 2.36. The summed E-state index contributed by atoms with van der Waals surface area (Å²) in [6.45, 7) is 1.19. The van der Waals surface area contributed by atoms with E-state index in [2.05, 4.69) is 4.98 Å². The number of aromatic nitrogens is 1. The van der Waals surface area contributed by atoms with Crippen molar-refractivity contribution in [1.29, 1.82) is 0 Å². The van der Waals surface area contributed by atoms with Gasteiger partial charge in [0, 0.05) is 16.6 Å². The van der Waals surface area contributed by atoms with Gasteiger partial charge in [0.1, 0.15) is 11.2 Å². The van der Waals surface area contributed by atoms with Crippen molar-refractivity contribution in [3.63, 3.8) is 0 Å². The van der Waals surface area contributed by atoms with Crippen molar-refractivity contribution in [2.75, 3.05) is 5.73 Å². The smallest absolute Gasteiger partial charge is 0.398 e. The number of pyridine rings is 1. The second-order valence-electron chi connectivity index (χ2n) is 3.75. The zero-order valence-electron chi connectivity index (χ0n) is 9.07. The molecule has 0 unspecified atom stereocenters. The maximum absolute atomic E-state index is 13.7. The summed E-state index contributed by atoms with van der Waals surface area (Å²) < 4.78 is 51.8. The van der Waals surface area contributed by atoms with Gasteiger partial charge in [-0.25, -0.2) is 9.37 Å². The molecule has 1 heterocycles. The van der Waals surface area contributed by atoms with E-state index < -0.39 is 23.2 Å². The van der Waals surface area contributed by atoms with Crippen molar-refractivity contribution in [2.24, 2.45) is 0 Å². The number of anilines is 1. The standard InChI is InChI=1S/C11H7ClF4N2/c1-4-8(17)5-2-3-6(12)7(13)9(5)18-10(4)11(14,15)16/h2-3H,1H3,(H2,17,18). The number of hydrogen-bond acceptors (Lipinski definition) is 2. The number of halogens is 5. The molecule has 0 aliphatic carbocycles. The summed E-state index contributed by atoms with van der Waals surface area (Å²) in [6.07, 6.45) is -4.69. The summed E-state index contributed by atoms with van der Waals surface area (Å²) in [6, 6.07) is 2.57. The van der Waals surface area contributed by atoms with Gasteiger partial charge < -0.3 is 5.73 Å². The Morgan fingerprint density at radius 3 is 2.44 bits per heavy atom. The lowest BCUT2D eigenvalue weighted by Crippen LogP contribution is -2.13. The zero-order chi connectivity index (χ0) is 13.7. The molecule has 2 nitrogen and oxygen atoms in total. The van der Waals surface area contributed by atoms with Gasteiger partial charge in [-0.05, 0) is 19.1 Å². The number of nitrogens with two attached hydrogens (primary N) is 1. The summed E-state index contributed by atoms with van der Waals surface area (Å²) in [5, 5.41) is -0.186. The molecule has 0 atom stereocenters. The quantitative estimate of drug-likeness (QED) is 0.742. The molecule has 2 rings (SSSR count). The molecular formula is C11H7ClF4N2. The first-order chi connectivity index (χ1) is 8.23. The first kappa shape index (κ1) is 12.9. The average Bonchev–Trinajstić information content (AvgIpc) is 2.26. The minimum Gasteiger partial charge on any atom is -0.398 e. The molecule has 2 N–H and O–H groups in total. The van der Waals surface area contributed by atoms with Crippen molar-refractivity contribution in [3.05, 3.63) is 34.2 Å². The average molecular weight is 279 g/mol. The van der Waals surface area contributed by atoms with E-state index >= 15 is 0 Å². The number of alkyl halides is 3. The highest BCUT2D eigenvalue weighted by atomic mass is 35.5. The van der Waals surface area contributed by atoms with Crippen LogP contribution >= 0.6 is 11.6 Å². The largest absolute Gasteiger partial charge is 0.433 e. The maximum atomic E-state index is 13.7. The second-order valence-corrected chi connectivity index (χ2v) is 4.16. The highest BCUT2D eigenvalue weighted by molar-refractivity contribution is 6.31. The Labute approximate surface area is 104 Å². The highest BCUT2D eigenvalue weighted by Crippen LogP contribution is 2.37. The fourth-order valence-corrected chi connectivity index (χ4v) is 1.82. The Bertz CT molecular complexity index is 637. The number of hydrogen-bond donors (Lipinski definition) is 1. The fraction of sp³-hybridized carbons (Fsp3) is 0.182. The molecule has 0 saturated heterocycles. The van der Waals surface area contributed by atoms with Gasteiger partial charge >= 0.3 is 6.18 Å². The first-order valence-corrected chi connectivity index (χ1v) is 5.22. The Morgan fingerprint density at radius 1 is 1.28 bits per heavy atom. The number of rotatable bonds is 0. The van der Waals surface area contributed by atoms with Crippen LogP contribution in [0.25, 0.3) is 10.9 Å². The molecule has 2 aromatic rings. The van der Waals surface area contributed by atoms with Gasteiger partial charge in [0.25, 0.3) is 0 Å². The molecule has 0 amide bonds. The van der Waals surface area contributed by atoms with Crippen LogP contribution in [-0.4, -0.2) is 4.98 Å². The van der Waals surface area contributed by atoms with E-state index in [-0.39, 0.29) is 21.7 Å². The van der Waals surface area contributed by atoms with Gasteiger partial charge in [-0.3, -0.25) is 0 Å². The third kappa shape index (κ3) is 1.86. The van der Waals surface area contributed by atoms with Crippen molar-refractivity contribution in [1.82, 2.24) is 4.98 Å². The fourth-order valence-electron chi connectivity index (χ4n) is 1.67. The van der Waals surface area contributed by atoms with Crippen LogP contribution in [-0.2, 0) is 6.18 Å². The van der Waals surface area contributed by atoms with Gasteiger partial charge in [0.05, 0.1) is 5.02 Å². The van der Waals surface area contributed by atoms with E-state index in [1.54, 1.807) is 0 Å². The lowest BCUT2D eigenvalue weighted by atomic mass is 10.1. The topological polar surface area (TPSA) is 38.9 Å². The van der Waals surface area contributed by atoms with Crippen LogP contribution in [0.4, 0.5) is 23.2 Å². The van der Waals surface area contributed by atoms with Crippen molar-refractivity contribution in [3.8, 4) is 0 Å². The van der Waals surface area contributed by atoms with Crippen LogP contribution in [0.15, 0.2) is 12.1 Å². The molecule has 96 valence electrons. The molecule has 0 spiro atoms. The van der Waals surface area contributed by atoms with E-state index in [1.807, 2.05) is 0 Å². The van der Waals surface area contributed by atoms with Crippen LogP contribution in [0.3, 0.4) is 0 Å². The van der Waals surface area contributed by atoms with Crippen molar-refractivity contribution >= 4 is 28.2 Å². The molecule has 7 heteroatoms. The van der Waals surface area contributed by atoms with E-state index in [9.17, 15) is 17.6 Å². The second kappa shape index (κ2) is 3.98. The van der Waals surface area contributed by atoms with Gasteiger partial charge in [-0.15, -0.1) is 0 Å². The molecule has 0 bridgehead atoms. The monoisotopic (exact) mass is 278 g/mol. The molecule has 0 saturated carbocycles. The molecule has 0 aliphatic rings. The Hall–Kier alpha value is -1.56. The van der Waals surface area contributed by atoms with E-state index in [0.29, 0.717) is 0 Å². The Kier molecular flexibility index (Phi) is 2.85. The maximum Gasteiger partial charge on any atom is 0.433 e. The number of nitrogens with zero attached hydrogens (tertiary/aromatic N) is 1. The Balaban J connectivity index is 2.94. The summed E-state index contributed by atoms with van der Waals surface area (Å²) in [4.78, 5) is 3.30. The van der Waals surface area contributed by atoms with E-state index in [4.69, 9.17) is 17.3 Å². The molecule has 0 aliphatic heterocycles. The van der Waals surface area contributed by atoms with Crippen molar-refractivity contribution in [2.45, 2.75) is 13.1 Å². The number of fused-ring (bicyclic) bond motifs is 1. The normalized spacial score (nSPS) is 12.1. The summed E-state index contributed by atoms with van der Waals surface area (Å²) >= 11 is 5.51. The number of nitrogen functional groups attached to an aromatic ring is 1. The van der Waals surface area contributed by atoms with Gasteiger partial charge in [-0.1, -0.05) is 11.6 Å². The molecule has 1 aromatic carbocycles. The predicted octanol–water partition coefficient (Wildman–Crippen LogP) is 3.94. The summed E-state index contributed by atoms with van der Waals surface area (Å²) in [5.74, 6) is -1.01. The van der Waals surface area contributed by atoms with Crippen molar-refractivity contribution < 1.29 is 17.6 Å². The minimum atomic E-state index is -4.69. The Morgan fingerprint density at radius 2 is 1.89 bits per heavy atom. The third-order valence-corrected chi connectivity index (χ3v) is 2.90. The number of benzene rings is 1. The van der Waals surface area contributed by atoms with E-state index in [0.717, 1.165) is 0 Å². The SMILES string of the molecule is Cc1c(C(F)(F)F)nc2c(F)c(Cl)ccc2c1N. The molecule has 18 heavy (non-hydrogen) atoms. The first-order valence-electron chi connectivity index (χ1n) is 4.84. The van der Waals surface area contributed by atoms with Crippen LogP contribution in [0.5, 0.6) is 0 Å². The van der Waals surface area contributed by atoms with Gasteiger partial charge in [-0.2, -0.15) is 13.2 Å². The van der Waals surface area contributed by atoms with Gasteiger partial charge in [0.2, 0.25) is 0 Å². The summed E-state index contributed by atoms with van der Waals surface area (Å²) in [7, 11) is 0. The molecule has 1 aromatic heterocycles. The van der Waals surface area contributed by atoms with Crippen LogP contribution in [0, 0.1) is 12.7 Å². The minimum absolute atomic E-state index is 0.113. The van der Waals surface area contributed by atoms with Crippen LogP contribution in [0.1, 0.15) is 11.3 Å². The molecule has 0 fully saturated rings. The lowest BCUT2D eigenvalue weighted by Gasteiger charge is -2.14.